The maximum absolute atomic E-state index is 12.8. The van der Waals surface area contributed by atoms with Crippen LogP contribution in [0.1, 0.15) is 16.7 Å². The van der Waals surface area contributed by atoms with Gasteiger partial charge in [-0.05, 0) is 24.6 Å². The number of aryl methyl sites for hydroxylation is 1. The van der Waals surface area contributed by atoms with Crippen molar-refractivity contribution < 1.29 is 18.3 Å². The van der Waals surface area contributed by atoms with E-state index >= 15 is 0 Å². The fraction of sp³-hybridized carbons (Fsp3) is 0.167. The molecule has 0 aliphatic rings. The number of halogens is 3. The number of aromatic nitrogens is 2. The van der Waals surface area contributed by atoms with Gasteiger partial charge in [-0.2, -0.15) is 23.5 Å². The number of alkyl halides is 3. The third-order valence-electron chi connectivity index (χ3n) is 2.48. The number of rotatable bonds is 1. The normalized spacial score (nSPS) is 11.3. The molecule has 0 aliphatic heterocycles. The molecule has 2 aromatic rings. The van der Waals surface area contributed by atoms with E-state index in [1.165, 1.54) is 12.4 Å². The Morgan fingerprint density at radius 2 is 2.05 bits per heavy atom. The molecular weight excluding hydrogens is 259 g/mol. The fourth-order valence-corrected chi connectivity index (χ4v) is 1.62. The smallest absolute Gasteiger partial charge is 0.420 e. The van der Waals surface area contributed by atoms with E-state index in [1.807, 2.05) is 0 Å². The Morgan fingerprint density at radius 1 is 1.37 bits per heavy atom. The first-order chi connectivity index (χ1) is 8.82. The summed E-state index contributed by atoms with van der Waals surface area (Å²) < 4.78 is 39.4. The number of benzene rings is 1. The highest BCUT2D eigenvalue weighted by atomic mass is 19.4. The van der Waals surface area contributed by atoms with Gasteiger partial charge in [-0.3, -0.25) is 0 Å². The Kier molecular flexibility index (Phi) is 2.94. The highest BCUT2D eigenvalue weighted by molar-refractivity contribution is 5.56. The number of phenols is 1. The number of nitrogens with zero attached hydrogens (tertiary/aromatic N) is 3. The van der Waals surface area contributed by atoms with Crippen LogP contribution in [0.15, 0.2) is 24.5 Å². The molecule has 0 radical (unpaired) electrons. The molecule has 1 aromatic heterocycles. The third kappa shape index (κ3) is 2.38. The fourth-order valence-electron chi connectivity index (χ4n) is 1.62. The zero-order chi connectivity index (χ0) is 14.2. The van der Waals surface area contributed by atoms with Crippen LogP contribution in [0.25, 0.3) is 5.69 Å². The molecule has 0 unspecified atom stereocenters. The van der Waals surface area contributed by atoms with Gasteiger partial charge in [0.25, 0.3) is 0 Å². The Bertz CT molecular complexity index is 668. The first kappa shape index (κ1) is 13.0. The molecule has 0 amide bonds. The Balaban J connectivity index is 2.71. The predicted octanol–water partition coefficient (Wildman–Crippen LogP) is 2.78. The minimum absolute atomic E-state index is 0.181. The van der Waals surface area contributed by atoms with Crippen molar-refractivity contribution in [1.29, 1.82) is 5.26 Å². The average Bonchev–Trinajstić information content (AvgIpc) is 2.74. The average molecular weight is 267 g/mol. The second kappa shape index (κ2) is 4.31. The van der Waals surface area contributed by atoms with Crippen molar-refractivity contribution in [2.75, 3.05) is 0 Å². The van der Waals surface area contributed by atoms with Gasteiger partial charge in [0.15, 0.2) is 5.75 Å². The van der Waals surface area contributed by atoms with Gasteiger partial charge in [-0.15, -0.1) is 0 Å². The van der Waals surface area contributed by atoms with Gasteiger partial charge < -0.3 is 5.11 Å². The molecule has 1 N–H and O–H groups in total. The minimum atomic E-state index is -4.74. The topological polar surface area (TPSA) is 61.8 Å². The first-order valence-electron chi connectivity index (χ1n) is 5.19. The van der Waals surface area contributed by atoms with Crippen LogP contribution < -0.4 is 0 Å². The van der Waals surface area contributed by atoms with Crippen molar-refractivity contribution in [3.05, 3.63) is 41.2 Å². The molecular formula is C12H8F3N3O. The molecule has 0 aliphatic carbocycles. The van der Waals surface area contributed by atoms with Gasteiger partial charge in [0.2, 0.25) is 0 Å². The molecule has 0 saturated heterocycles. The van der Waals surface area contributed by atoms with Crippen molar-refractivity contribution >= 4 is 0 Å². The lowest BCUT2D eigenvalue weighted by molar-refractivity contribution is -0.138. The van der Waals surface area contributed by atoms with Crippen molar-refractivity contribution in [3.63, 3.8) is 0 Å². The van der Waals surface area contributed by atoms with Crippen LogP contribution >= 0.6 is 0 Å². The monoisotopic (exact) mass is 267 g/mol. The molecule has 0 fully saturated rings. The molecule has 0 atom stereocenters. The molecule has 98 valence electrons. The number of nitriles is 1. The maximum atomic E-state index is 12.8. The summed E-state index contributed by atoms with van der Waals surface area (Å²) in [6, 6.07) is 3.39. The van der Waals surface area contributed by atoms with E-state index in [4.69, 9.17) is 5.26 Å². The Labute approximate surface area is 106 Å². The van der Waals surface area contributed by atoms with E-state index in [0.29, 0.717) is 6.07 Å². The molecule has 2 rings (SSSR count). The van der Waals surface area contributed by atoms with Gasteiger partial charge in [0, 0.05) is 6.20 Å². The van der Waals surface area contributed by atoms with Crippen molar-refractivity contribution in [3.8, 4) is 17.5 Å². The summed E-state index contributed by atoms with van der Waals surface area (Å²) in [6.07, 6.45) is -1.85. The van der Waals surface area contributed by atoms with E-state index in [2.05, 4.69) is 5.10 Å². The molecule has 0 bridgehead atoms. The van der Waals surface area contributed by atoms with E-state index in [-0.39, 0.29) is 11.3 Å². The zero-order valence-corrected chi connectivity index (χ0v) is 9.73. The summed E-state index contributed by atoms with van der Waals surface area (Å²) >= 11 is 0. The SMILES string of the molecule is Cc1cnn(-c2cc(C#N)cc(C(F)(F)F)c2O)c1. The van der Waals surface area contributed by atoms with Crippen molar-refractivity contribution in [1.82, 2.24) is 9.78 Å². The second-order valence-electron chi connectivity index (χ2n) is 3.96. The standard InChI is InChI=1S/C12H8F3N3O/c1-7-5-17-18(6-7)10-3-8(4-16)2-9(11(10)19)12(13,14)15/h2-3,5-6,19H,1H3. The van der Waals surface area contributed by atoms with Gasteiger partial charge in [-0.25, -0.2) is 4.68 Å². The van der Waals surface area contributed by atoms with Crippen LogP contribution in [0, 0.1) is 18.3 Å². The van der Waals surface area contributed by atoms with Crippen molar-refractivity contribution in [2.45, 2.75) is 13.1 Å². The molecule has 7 heteroatoms. The molecule has 0 saturated carbocycles. The minimum Gasteiger partial charge on any atom is -0.505 e. The van der Waals surface area contributed by atoms with Crippen LogP contribution in [-0.4, -0.2) is 14.9 Å². The molecule has 4 nitrogen and oxygen atoms in total. The van der Waals surface area contributed by atoms with Crippen LogP contribution in [-0.2, 0) is 6.18 Å². The van der Waals surface area contributed by atoms with Crippen LogP contribution in [0.3, 0.4) is 0 Å². The number of aromatic hydroxyl groups is 1. The number of hydrogen-bond donors (Lipinski definition) is 1. The lowest BCUT2D eigenvalue weighted by Crippen LogP contribution is -2.08. The summed E-state index contributed by atoms with van der Waals surface area (Å²) in [5.74, 6) is -0.949. The molecule has 1 aromatic carbocycles. The van der Waals surface area contributed by atoms with E-state index < -0.39 is 17.5 Å². The third-order valence-corrected chi connectivity index (χ3v) is 2.48. The number of phenolic OH excluding ortho intramolecular Hbond substituents is 1. The van der Waals surface area contributed by atoms with Crippen LogP contribution in [0.4, 0.5) is 13.2 Å². The van der Waals surface area contributed by atoms with Gasteiger partial charge in [-0.1, -0.05) is 0 Å². The Hall–Kier alpha value is -2.49. The second-order valence-corrected chi connectivity index (χ2v) is 3.96. The Morgan fingerprint density at radius 3 is 2.53 bits per heavy atom. The molecule has 1 heterocycles. The number of hydrogen-bond acceptors (Lipinski definition) is 3. The summed E-state index contributed by atoms with van der Waals surface area (Å²) in [4.78, 5) is 0. The largest absolute Gasteiger partial charge is 0.505 e. The summed E-state index contributed by atoms with van der Waals surface area (Å²) in [7, 11) is 0. The van der Waals surface area contributed by atoms with Crippen molar-refractivity contribution in [2.24, 2.45) is 0 Å². The first-order valence-corrected chi connectivity index (χ1v) is 5.19. The molecule has 0 spiro atoms. The van der Waals surface area contributed by atoms with Crippen LogP contribution in [0.5, 0.6) is 5.75 Å². The van der Waals surface area contributed by atoms with E-state index in [0.717, 1.165) is 16.3 Å². The summed E-state index contributed by atoms with van der Waals surface area (Å²) in [5.41, 5.74) is -0.919. The molecule has 19 heavy (non-hydrogen) atoms. The van der Waals surface area contributed by atoms with Gasteiger partial charge >= 0.3 is 6.18 Å². The lowest BCUT2D eigenvalue weighted by Gasteiger charge is -2.13. The van der Waals surface area contributed by atoms with Gasteiger partial charge in [0.05, 0.1) is 17.8 Å². The zero-order valence-electron chi connectivity index (χ0n) is 9.73. The highest BCUT2D eigenvalue weighted by Crippen LogP contribution is 2.39. The lowest BCUT2D eigenvalue weighted by atomic mass is 10.1. The maximum Gasteiger partial charge on any atom is 0.420 e. The van der Waals surface area contributed by atoms with E-state index in [1.54, 1.807) is 13.0 Å². The quantitative estimate of drug-likeness (QED) is 0.864. The van der Waals surface area contributed by atoms with Crippen LogP contribution in [0.2, 0.25) is 0 Å². The highest BCUT2D eigenvalue weighted by Gasteiger charge is 2.35. The predicted molar refractivity (Wildman–Crippen MR) is 59.7 cm³/mol. The van der Waals surface area contributed by atoms with Gasteiger partial charge in [0.1, 0.15) is 11.3 Å². The summed E-state index contributed by atoms with van der Waals surface area (Å²) in [6.45, 7) is 1.71. The van der Waals surface area contributed by atoms with E-state index in [9.17, 15) is 18.3 Å². The summed E-state index contributed by atoms with van der Waals surface area (Å²) in [5, 5.41) is 22.3.